The average Bonchev–Trinajstić information content (AvgIpc) is 2.54. The topological polar surface area (TPSA) is 52.2 Å². The van der Waals surface area contributed by atoms with Crippen LogP contribution in [0.3, 0.4) is 0 Å². The van der Waals surface area contributed by atoms with Gasteiger partial charge in [0.2, 0.25) is 0 Å². The Morgan fingerprint density at radius 1 is 1.60 bits per heavy atom. The second kappa shape index (κ2) is 4.63. The molecule has 1 aromatic heterocycles. The van der Waals surface area contributed by atoms with Crippen LogP contribution in [-0.4, -0.2) is 45.8 Å². The lowest BCUT2D eigenvalue weighted by Crippen LogP contribution is -2.39. The van der Waals surface area contributed by atoms with Gasteiger partial charge in [-0.3, -0.25) is 4.90 Å². The molecule has 0 aliphatic heterocycles. The number of nitrogens with one attached hydrogen (secondary N) is 1. The standard InChI is InChI=1S/C8H12F3N3O/c1-14(3-6-2-12-5-13-6)4-7(15)8(9,10)11/h2,5,7,15H,3-4H2,1H3,(H,12,13). The van der Waals surface area contributed by atoms with Gasteiger partial charge in [-0.05, 0) is 7.05 Å². The third kappa shape index (κ3) is 3.88. The van der Waals surface area contributed by atoms with E-state index in [-0.39, 0.29) is 6.54 Å². The third-order valence-electron chi connectivity index (χ3n) is 1.86. The Hall–Kier alpha value is -1.08. The second-order valence-electron chi connectivity index (χ2n) is 3.33. The number of aliphatic hydroxyl groups excluding tert-OH is 1. The maximum Gasteiger partial charge on any atom is 0.415 e. The summed E-state index contributed by atoms with van der Waals surface area (Å²) in [5.41, 5.74) is 0.701. The fraction of sp³-hybridized carbons (Fsp3) is 0.625. The van der Waals surface area contributed by atoms with Gasteiger partial charge in [0, 0.05) is 25.0 Å². The first-order chi connectivity index (χ1) is 6.89. The predicted octanol–water partition coefficient (Wildman–Crippen LogP) is 0.765. The molecule has 7 heteroatoms. The summed E-state index contributed by atoms with van der Waals surface area (Å²) in [6.07, 6.45) is -3.91. The van der Waals surface area contributed by atoms with Gasteiger partial charge in [-0.25, -0.2) is 4.98 Å². The van der Waals surface area contributed by atoms with Crippen LogP contribution in [0.5, 0.6) is 0 Å². The number of imidazole rings is 1. The summed E-state index contributed by atoms with van der Waals surface area (Å²) in [7, 11) is 1.50. The maximum absolute atomic E-state index is 12.0. The molecule has 0 amide bonds. The Morgan fingerprint density at radius 3 is 2.73 bits per heavy atom. The Bertz CT molecular complexity index is 286. The van der Waals surface area contributed by atoms with E-state index in [2.05, 4.69) is 9.97 Å². The molecule has 0 bridgehead atoms. The zero-order chi connectivity index (χ0) is 11.5. The molecule has 0 spiro atoms. The Morgan fingerprint density at radius 2 is 2.27 bits per heavy atom. The molecule has 15 heavy (non-hydrogen) atoms. The molecule has 1 aromatic rings. The highest BCUT2D eigenvalue weighted by Gasteiger charge is 2.38. The number of aromatic nitrogens is 2. The number of nitrogens with zero attached hydrogens (tertiary/aromatic N) is 2. The number of aromatic amines is 1. The van der Waals surface area contributed by atoms with Gasteiger partial charge < -0.3 is 10.1 Å². The second-order valence-corrected chi connectivity index (χ2v) is 3.33. The lowest BCUT2D eigenvalue weighted by molar-refractivity contribution is -0.207. The van der Waals surface area contributed by atoms with Crippen LogP contribution in [0, 0.1) is 0 Å². The van der Waals surface area contributed by atoms with Crippen molar-refractivity contribution in [3.8, 4) is 0 Å². The van der Waals surface area contributed by atoms with Crippen molar-refractivity contribution in [2.45, 2.75) is 18.8 Å². The molecular formula is C8H12F3N3O. The minimum atomic E-state index is -4.57. The summed E-state index contributed by atoms with van der Waals surface area (Å²) in [6, 6.07) is 0. The number of aliphatic hydroxyl groups is 1. The first-order valence-electron chi connectivity index (χ1n) is 4.30. The Balaban J connectivity index is 2.39. The molecule has 0 radical (unpaired) electrons. The van der Waals surface area contributed by atoms with Gasteiger partial charge in [-0.15, -0.1) is 0 Å². The van der Waals surface area contributed by atoms with E-state index in [1.54, 1.807) is 0 Å². The lowest BCUT2D eigenvalue weighted by atomic mass is 10.3. The number of rotatable bonds is 4. The van der Waals surface area contributed by atoms with Crippen molar-refractivity contribution in [2.24, 2.45) is 0 Å². The molecule has 1 unspecified atom stereocenters. The molecule has 0 saturated carbocycles. The molecule has 0 fully saturated rings. The molecule has 1 heterocycles. The van der Waals surface area contributed by atoms with Crippen LogP contribution >= 0.6 is 0 Å². The summed E-state index contributed by atoms with van der Waals surface area (Å²) in [5.74, 6) is 0. The zero-order valence-corrected chi connectivity index (χ0v) is 8.12. The van der Waals surface area contributed by atoms with Crippen LogP contribution in [0.25, 0.3) is 0 Å². The minimum absolute atomic E-state index is 0.285. The molecule has 86 valence electrons. The van der Waals surface area contributed by atoms with E-state index in [4.69, 9.17) is 5.11 Å². The number of H-pyrrole nitrogens is 1. The Kier molecular flexibility index (Phi) is 3.70. The largest absolute Gasteiger partial charge is 0.415 e. The third-order valence-corrected chi connectivity index (χ3v) is 1.86. The summed E-state index contributed by atoms with van der Waals surface area (Å²) in [4.78, 5) is 7.87. The van der Waals surface area contributed by atoms with Gasteiger partial charge >= 0.3 is 6.18 Å². The SMILES string of the molecule is CN(Cc1cnc[nH]1)CC(O)C(F)(F)F. The van der Waals surface area contributed by atoms with Gasteiger partial charge in [-0.1, -0.05) is 0 Å². The summed E-state index contributed by atoms with van der Waals surface area (Å²) in [6.45, 7) is -0.171. The first-order valence-corrected chi connectivity index (χ1v) is 4.30. The molecule has 1 atom stereocenters. The van der Waals surface area contributed by atoms with Crippen molar-refractivity contribution in [3.05, 3.63) is 18.2 Å². The van der Waals surface area contributed by atoms with Crippen molar-refractivity contribution in [1.29, 1.82) is 0 Å². The van der Waals surface area contributed by atoms with Crippen LogP contribution in [0.1, 0.15) is 5.69 Å². The van der Waals surface area contributed by atoms with E-state index < -0.39 is 18.8 Å². The summed E-state index contributed by atoms with van der Waals surface area (Å²) >= 11 is 0. The first kappa shape index (κ1) is 12.0. The Labute approximate surface area is 84.7 Å². The number of alkyl halides is 3. The molecule has 2 N–H and O–H groups in total. The van der Waals surface area contributed by atoms with E-state index in [1.807, 2.05) is 0 Å². The fourth-order valence-electron chi connectivity index (χ4n) is 1.13. The van der Waals surface area contributed by atoms with Crippen LogP contribution in [0.4, 0.5) is 13.2 Å². The van der Waals surface area contributed by atoms with Crippen LogP contribution < -0.4 is 0 Å². The predicted molar refractivity (Wildman–Crippen MR) is 47.0 cm³/mol. The maximum atomic E-state index is 12.0. The van der Waals surface area contributed by atoms with Crippen LogP contribution in [0.2, 0.25) is 0 Å². The van der Waals surface area contributed by atoms with E-state index >= 15 is 0 Å². The van der Waals surface area contributed by atoms with Crippen molar-refractivity contribution in [2.75, 3.05) is 13.6 Å². The van der Waals surface area contributed by atoms with Crippen molar-refractivity contribution in [1.82, 2.24) is 14.9 Å². The number of halogens is 3. The summed E-state index contributed by atoms with van der Waals surface area (Å²) < 4.78 is 36.0. The normalized spacial score (nSPS) is 14.5. The van der Waals surface area contributed by atoms with Crippen LogP contribution in [0.15, 0.2) is 12.5 Å². The number of hydrogen-bond donors (Lipinski definition) is 2. The van der Waals surface area contributed by atoms with Crippen molar-refractivity contribution >= 4 is 0 Å². The lowest BCUT2D eigenvalue weighted by Gasteiger charge is -2.21. The van der Waals surface area contributed by atoms with Crippen molar-refractivity contribution in [3.63, 3.8) is 0 Å². The van der Waals surface area contributed by atoms with Gasteiger partial charge in [0.05, 0.1) is 6.33 Å². The number of likely N-dealkylation sites (N-methyl/N-ethyl adjacent to an activating group) is 1. The molecule has 1 rings (SSSR count). The highest BCUT2D eigenvalue weighted by Crippen LogP contribution is 2.20. The molecule has 0 aliphatic rings. The van der Waals surface area contributed by atoms with Gasteiger partial charge in [0.25, 0.3) is 0 Å². The summed E-state index contributed by atoms with van der Waals surface area (Å²) in [5, 5.41) is 8.79. The molecule has 4 nitrogen and oxygen atoms in total. The van der Waals surface area contributed by atoms with E-state index in [1.165, 1.54) is 24.5 Å². The van der Waals surface area contributed by atoms with E-state index in [9.17, 15) is 13.2 Å². The average molecular weight is 223 g/mol. The highest BCUT2D eigenvalue weighted by molar-refractivity contribution is 4.93. The van der Waals surface area contributed by atoms with Gasteiger partial charge in [-0.2, -0.15) is 13.2 Å². The highest BCUT2D eigenvalue weighted by atomic mass is 19.4. The zero-order valence-electron chi connectivity index (χ0n) is 8.12. The van der Waals surface area contributed by atoms with E-state index in [0.717, 1.165) is 0 Å². The molecular weight excluding hydrogens is 211 g/mol. The van der Waals surface area contributed by atoms with Crippen LogP contribution in [-0.2, 0) is 6.54 Å². The molecule has 0 aliphatic carbocycles. The smallest absolute Gasteiger partial charge is 0.382 e. The molecule has 0 aromatic carbocycles. The minimum Gasteiger partial charge on any atom is -0.382 e. The monoisotopic (exact) mass is 223 g/mol. The van der Waals surface area contributed by atoms with Gasteiger partial charge in [0.15, 0.2) is 6.10 Å². The van der Waals surface area contributed by atoms with Gasteiger partial charge in [0.1, 0.15) is 0 Å². The van der Waals surface area contributed by atoms with Crippen molar-refractivity contribution < 1.29 is 18.3 Å². The fourth-order valence-corrected chi connectivity index (χ4v) is 1.13. The quantitative estimate of drug-likeness (QED) is 0.792. The molecule has 0 saturated heterocycles. The number of hydrogen-bond acceptors (Lipinski definition) is 3. The van der Waals surface area contributed by atoms with E-state index in [0.29, 0.717) is 5.69 Å².